The van der Waals surface area contributed by atoms with Gasteiger partial charge in [0.25, 0.3) is 0 Å². The lowest BCUT2D eigenvalue weighted by Gasteiger charge is -2.16. The first-order valence-corrected chi connectivity index (χ1v) is 5.99. The van der Waals surface area contributed by atoms with Crippen LogP contribution in [0.1, 0.15) is 49.8 Å². The van der Waals surface area contributed by atoms with E-state index in [-0.39, 0.29) is 18.0 Å². The molecule has 2 N–H and O–H groups in total. The standard InChI is InChI=1S/C13H17F4N.ClH/c1-2-3-4-8-11(18)9-6-5-7-10(12(9)14)13(15,16)17;/h5-7,11H,2-4,8,18H2,1H3;1H/t11-;/m0./s1. The Labute approximate surface area is 116 Å². The first kappa shape index (κ1) is 18.2. The SMILES string of the molecule is CCCCC[C@H](N)c1cccc(C(F)(F)F)c1F.Cl. The molecule has 1 nitrogen and oxygen atoms in total. The van der Waals surface area contributed by atoms with Crippen molar-refractivity contribution in [2.45, 2.75) is 44.8 Å². The Hall–Kier alpha value is -0.810. The third kappa shape index (κ3) is 4.99. The summed E-state index contributed by atoms with van der Waals surface area (Å²) in [7, 11) is 0. The lowest BCUT2D eigenvalue weighted by atomic mass is 9.98. The molecule has 1 atom stereocenters. The van der Waals surface area contributed by atoms with Crippen LogP contribution in [-0.2, 0) is 6.18 Å². The van der Waals surface area contributed by atoms with Crippen LogP contribution in [0.25, 0.3) is 0 Å². The largest absolute Gasteiger partial charge is 0.419 e. The highest BCUT2D eigenvalue weighted by Gasteiger charge is 2.35. The normalized spacial score (nSPS) is 12.9. The molecule has 110 valence electrons. The Morgan fingerprint density at radius 2 is 1.84 bits per heavy atom. The van der Waals surface area contributed by atoms with Crippen molar-refractivity contribution in [2.24, 2.45) is 5.73 Å². The molecule has 0 aliphatic heterocycles. The summed E-state index contributed by atoms with van der Waals surface area (Å²) in [4.78, 5) is 0. The second kappa shape index (κ2) is 7.70. The number of unbranched alkanes of at least 4 members (excludes halogenated alkanes) is 2. The number of halogens is 5. The van der Waals surface area contributed by atoms with Crippen molar-refractivity contribution in [2.75, 3.05) is 0 Å². The quantitative estimate of drug-likeness (QED) is 0.610. The summed E-state index contributed by atoms with van der Waals surface area (Å²) in [5, 5.41) is 0. The van der Waals surface area contributed by atoms with Crippen molar-refractivity contribution in [3.63, 3.8) is 0 Å². The van der Waals surface area contributed by atoms with Gasteiger partial charge in [-0.25, -0.2) is 4.39 Å². The minimum atomic E-state index is -4.68. The minimum Gasteiger partial charge on any atom is -0.324 e. The third-order valence-corrected chi connectivity index (χ3v) is 2.85. The van der Waals surface area contributed by atoms with E-state index in [0.717, 1.165) is 25.3 Å². The lowest BCUT2D eigenvalue weighted by molar-refractivity contribution is -0.140. The van der Waals surface area contributed by atoms with Crippen LogP contribution < -0.4 is 5.73 Å². The fourth-order valence-electron chi connectivity index (χ4n) is 1.82. The molecule has 1 rings (SSSR count). The number of hydrogen-bond donors (Lipinski definition) is 1. The molecule has 19 heavy (non-hydrogen) atoms. The molecule has 0 saturated heterocycles. The predicted molar refractivity (Wildman–Crippen MR) is 69.7 cm³/mol. The Kier molecular flexibility index (Phi) is 7.37. The molecule has 6 heteroatoms. The molecule has 0 aromatic heterocycles. The van der Waals surface area contributed by atoms with Gasteiger partial charge in [-0.3, -0.25) is 0 Å². The molecule has 0 fully saturated rings. The summed E-state index contributed by atoms with van der Waals surface area (Å²) in [6.45, 7) is 2.01. The fourth-order valence-corrected chi connectivity index (χ4v) is 1.82. The summed E-state index contributed by atoms with van der Waals surface area (Å²) in [6.07, 6.45) is -1.48. The molecule has 1 aromatic carbocycles. The Morgan fingerprint density at radius 1 is 1.21 bits per heavy atom. The number of hydrogen-bond acceptors (Lipinski definition) is 1. The van der Waals surface area contributed by atoms with Gasteiger partial charge in [-0.1, -0.05) is 38.3 Å². The second-order valence-corrected chi connectivity index (χ2v) is 4.31. The summed E-state index contributed by atoms with van der Waals surface area (Å²) >= 11 is 0. The van der Waals surface area contributed by atoms with E-state index in [2.05, 4.69) is 0 Å². The van der Waals surface area contributed by atoms with E-state index in [1.165, 1.54) is 12.1 Å². The number of nitrogens with two attached hydrogens (primary N) is 1. The molecule has 0 bridgehead atoms. The van der Waals surface area contributed by atoms with Gasteiger partial charge in [-0.15, -0.1) is 12.4 Å². The molecule has 0 amide bonds. The zero-order valence-electron chi connectivity index (χ0n) is 10.6. The Morgan fingerprint density at radius 3 is 2.37 bits per heavy atom. The van der Waals surface area contributed by atoms with Gasteiger partial charge in [0, 0.05) is 11.6 Å². The van der Waals surface area contributed by atoms with E-state index in [1.807, 2.05) is 6.92 Å². The van der Waals surface area contributed by atoms with Crippen LogP contribution in [0.15, 0.2) is 18.2 Å². The van der Waals surface area contributed by atoms with Crippen LogP contribution in [0.2, 0.25) is 0 Å². The van der Waals surface area contributed by atoms with Crippen LogP contribution in [-0.4, -0.2) is 0 Å². The van der Waals surface area contributed by atoms with Gasteiger partial charge in [-0.2, -0.15) is 13.2 Å². The molecule has 0 spiro atoms. The second-order valence-electron chi connectivity index (χ2n) is 4.31. The number of alkyl halides is 3. The maximum absolute atomic E-state index is 13.7. The van der Waals surface area contributed by atoms with Crippen LogP contribution in [0.3, 0.4) is 0 Å². The van der Waals surface area contributed by atoms with E-state index >= 15 is 0 Å². The van der Waals surface area contributed by atoms with Crippen molar-refractivity contribution in [3.8, 4) is 0 Å². The fraction of sp³-hybridized carbons (Fsp3) is 0.538. The van der Waals surface area contributed by atoms with E-state index < -0.39 is 23.6 Å². The maximum atomic E-state index is 13.7. The average Bonchev–Trinajstić information content (AvgIpc) is 2.28. The monoisotopic (exact) mass is 299 g/mol. The highest BCUT2D eigenvalue weighted by molar-refractivity contribution is 5.85. The summed E-state index contributed by atoms with van der Waals surface area (Å²) in [6, 6.07) is 2.57. The van der Waals surface area contributed by atoms with Crippen LogP contribution in [0.4, 0.5) is 17.6 Å². The molecule has 0 saturated carbocycles. The van der Waals surface area contributed by atoms with Crippen molar-refractivity contribution >= 4 is 12.4 Å². The molecular weight excluding hydrogens is 282 g/mol. The van der Waals surface area contributed by atoms with Crippen LogP contribution >= 0.6 is 12.4 Å². The first-order chi connectivity index (χ1) is 8.38. The van der Waals surface area contributed by atoms with Gasteiger partial charge < -0.3 is 5.73 Å². The molecule has 0 aliphatic carbocycles. The topological polar surface area (TPSA) is 26.0 Å². The summed E-state index contributed by atoms with van der Waals surface area (Å²) < 4.78 is 51.3. The van der Waals surface area contributed by atoms with Gasteiger partial charge in [0.1, 0.15) is 5.82 Å². The van der Waals surface area contributed by atoms with Gasteiger partial charge in [0.15, 0.2) is 0 Å². The van der Waals surface area contributed by atoms with E-state index in [1.54, 1.807) is 0 Å². The molecule has 0 heterocycles. The van der Waals surface area contributed by atoms with Crippen LogP contribution in [0, 0.1) is 5.82 Å². The average molecular weight is 300 g/mol. The highest BCUT2D eigenvalue weighted by Crippen LogP contribution is 2.34. The zero-order chi connectivity index (χ0) is 13.8. The van der Waals surface area contributed by atoms with Gasteiger partial charge in [0.2, 0.25) is 0 Å². The number of rotatable bonds is 5. The smallest absolute Gasteiger partial charge is 0.324 e. The molecule has 1 aromatic rings. The minimum absolute atomic E-state index is 0. The van der Waals surface area contributed by atoms with Crippen molar-refractivity contribution in [1.29, 1.82) is 0 Å². The third-order valence-electron chi connectivity index (χ3n) is 2.85. The van der Waals surface area contributed by atoms with Crippen molar-refractivity contribution < 1.29 is 17.6 Å². The van der Waals surface area contributed by atoms with Gasteiger partial charge in [0.05, 0.1) is 5.56 Å². The summed E-state index contributed by atoms with van der Waals surface area (Å²) in [5.74, 6) is -1.24. The van der Waals surface area contributed by atoms with E-state index in [4.69, 9.17) is 5.73 Å². The highest BCUT2D eigenvalue weighted by atomic mass is 35.5. The zero-order valence-corrected chi connectivity index (χ0v) is 11.5. The molecular formula is C13H18ClF4N. The summed E-state index contributed by atoms with van der Waals surface area (Å²) in [5.41, 5.74) is 4.44. The van der Waals surface area contributed by atoms with E-state index in [9.17, 15) is 17.6 Å². The predicted octanol–water partition coefficient (Wildman–Crippen LogP) is 4.85. The maximum Gasteiger partial charge on any atom is 0.419 e. The Bertz CT molecular complexity index is 393. The first-order valence-electron chi connectivity index (χ1n) is 5.99. The molecule has 0 radical (unpaired) electrons. The lowest BCUT2D eigenvalue weighted by Crippen LogP contribution is -2.16. The van der Waals surface area contributed by atoms with E-state index in [0.29, 0.717) is 6.42 Å². The van der Waals surface area contributed by atoms with Crippen molar-refractivity contribution in [1.82, 2.24) is 0 Å². The van der Waals surface area contributed by atoms with Crippen LogP contribution in [0.5, 0.6) is 0 Å². The van der Waals surface area contributed by atoms with Gasteiger partial charge >= 0.3 is 6.18 Å². The molecule has 0 unspecified atom stereocenters. The molecule has 0 aliphatic rings. The number of benzene rings is 1. The van der Waals surface area contributed by atoms with Gasteiger partial charge in [-0.05, 0) is 12.5 Å². The Balaban J connectivity index is 0.00000324. The van der Waals surface area contributed by atoms with Crippen molar-refractivity contribution in [3.05, 3.63) is 35.1 Å².